The van der Waals surface area contributed by atoms with Gasteiger partial charge in [-0.05, 0) is 19.3 Å². The Hall–Kier alpha value is -2.14. The molecule has 1 aromatic heterocycles. The lowest BCUT2D eigenvalue weighted by atomic mass is 9.80. The number of nitrogens with one attached hydrogen (secondary N) is 2. The average molecular weight is 500 g/mol. The predicted octanol–water partition coefficient (Wildman–Crippen LogP) is 3.66. The van der Waals surface area contributed by atoms with E-state index in [2.05, 4.69) is 20.8 Å². The number of hydrogen-bond donors (Lipinski definition) is 2. The largest absolute Gasteiger partial charge is 0.408 e. The van der Waals surface area contributed by atoms with Crippen molar-refractivity contribution in [3.63, 3.8) is 0 Å². The number of urea groups is 1. The highest BCUT2D eigenvalue weighted by molar-refractivity contribution is 7.99. The third-order valence-electron chi connectivity index (χ3n) is 6.21. The lowest BCUT2D eigenvalue weighted by molar-refractivity contribution is -0.129. The van der Waals surface area contributed by atoms with Gasteiger partial charge in [-0.25, -0.2) is 4.79 Å². The van der Waals surface area contributed by atoms with E-state index in [9.17, 15) is 14.4 Å². The molecule has 1 aliphatic carbocycles. The number of morpholine rings is 1. The lowest BCUT2D eigenvalue weighted by Gasteiger charge is -2.39. The van der Waals surface area contributed by atoms with E-state index in [-0.39, 0.29) is 25.9 Å². The molecule has 3 rings (SSSR count). The molecule has 0 radical (unpaired) electrons. The van der Waals surface area contributed by atoms with E-state index < -0.39 is 17.4 Å². The summed E-state index contributed by atoms with van der Waals surface area (Å²) in [7, 11) is 0. The van der Waals surface area contributed by atoms with Gasteiger partial charge >= 0.3 is 6.03 Å². The van der Waals surface area contributed by atoms with Crippen LogP contribution in [0.3, 0.4) is 0 Å². The maximum absolute atomic E-state index is 13.6. The minimum Gasteiger partial charge on any atom is -0.408 e. The summed E-state index contributed by atoms with van der Waals surface area (Å²) in [5.41, 5.74) is -1.04. The Bertz CT molecular complexity index is 845. The van der Waals surface area contributed by atoms with Crippen molar-refractivity contribution in [2.24, 2.45) is 0 Å². The number of hydrogen-bond acceptors (Lipinski definition) is 8. The maximum Gasteiger partial charge on any atom is 0.318 e. The van der Waals surface area contributed by atoms with Gasteiger partial charge in [0.1, 0.15) is 5.54 Å². The zero-order chi connectivity index (χ0) is 24.6. The van der Waals surface area contributed by atoms with Gasteiger partial charge in [0, 0.05) is 21.2 Å². The van der Waals surface area contributed by atoms with Crippen LogP contribution in [0.4, 0.5) is 4.79 Å². The van der Waals surface area contributed by atoms with Gasteiger partial charge in [-0.3, -0.25) is 9.59 Å². The number of carbonyl (C=O) groups is 3. The molecule has 0 bridgehead atoms. The molecule has 1 atom stereocenters. The summed E-state index contributed by atoms with van der Waals surface area (Å²) in [6.07, 6.45) is 5.86. The van der Waals surface area contributed by atoms with E-state index in [4.69, 9.17) is 9.15 Å². The van der Waals surface area contributed by atoms with E-state index in [0.717, 1.165) is 32.1 Å². The normalized spacial score (nSPS) is 19.0. The molecule has 2 N–H and O–H groups in total. The second-order valence-electron chi connectivity index (χ2n) is 9.24. The van der Waals surface area contributed by atoms with Gasteiger partial charge in [-0.15, -0.1) is 10.2 Å². The molecule has 2 fully saturated rings. The van der Waals surface area contributed by atoms with E-state index >= 15 is 0 Å². The van der Waals surface area contributed by atoms with E-state index in [0.29, 0.717) is 50.8 Å². The number of carbonyl (C=O) groups excluding carboxylic acids is 3. The zero-order valence-electron chi connectivity index (χ0n) is 20.4. The number of thioether (sulfide) groups is 1. The molecule has 1 aromatic rings. The quantitative estimate of drug-likeness (QED) is 0.369. The molecule has 11 heteroatoms. The number of ether oxygens (including phenoxy) is 1. The molecule has 0 spiro atoms. The van der Waals surface area contributed by atoms with Crippen molar-refractivity contribution < 1.29 is 26.4 Å². The van der Waals surface area contributed by atoms with Gasteiger partial charge in [0.15, 0.2) is 0 Å². The van der Waals surface area contributed by atoms with E-state index in [1.165, 1.54) is 11.8 Å². The fourth-order valence-corrected chi connectivity index (χ4v) is 4.91. The molecular formula is C23H41N5O5S. The first-order valence-corrected chi connectivity index (χ1v) is 13.2. The molecule has 3 amide bonds. The monoisotopic (exact) mass is 499 g/mol. The Kier molecular flexibility index (Phi) is 9.75. The average Bonchev–Trinajstić information content (AvgIpc) is 3.30. The fraction of sp³-hybridized carbons (Fsp3) is 0.783. The summed E-state index contributed by atoms with van der Waals surface area (Å²) in [4.78, 5) is 41.5. The molecule has 0 aromatic carbocycles. The van der Waals surface area contributed by atoms with E-state index in [1.807, 2.05) is 20.8 Å². The number of unbranched alkanes of at least 4 members (excludes halogenated alkanes) is 1. The summed E-state index contributed by atoms with van der Waals surface area (Å²) >= 11 is 1.38. The highest BCUT2D eigenvalue weighted by Gasteiger charge is 2.43. The first kappa shape index (κ1) is 26.5. The third kappa shape index (κ3) is 6.94. The SMILES string of the molecule is CCCC[C@H](NC(=O)C1(NC(=O)N2CCOCC2)CCCCC1)C(=O)c1nnc(SC(C)C)o1.[HH].[HH]. The van der Waals surface area contributed by atoms with Crippen molar-refractivity contribution >= 4 is 29.5 Å². The Balaban J connectivity index is 0.00000324. The molecule has 1 saturated carbocycles. The Morgan fingerprint density at radius 3 is 2.50 bits per heavy atom. The number of ketones is 1. The third-order valence-corrected chi connectivity index (χ3v) is 7.05. The van der Waals surface area contributed by atoms with Gasteiger partial charge in [0.2, 0.25) is 11.7 Å². The van der Waals surface area contributed by atoms with Crippen LogP contribution in [0.5, 0.6) is 0 Å². The number of nitrogens with zero attached hydrogens (tertiary/aromatic N) is 3. The number of aromatic nitrogens is 2. The molecular weight excluding hydrogens is 458 g/mol. The van der Waals surface area contributed by atoms with Crippen molar-refractivity contribution in [3.05, 3.63) is 5.89 Å². The van der Waals surface area contributed by atoms with Crippen LogP contribution in [0.25, 0.3) is 0 Å². The minimum absolute atomic E-state index is 0. The summed E-state index contributed by atoms with van der Waals surface area (Å²) in [5.74, 6) is -0.811. The predicted molar refractivity (Wildman–Crippen MR) is 132 cm³/mol. The summed E-state index contributed by atoms with van der Waals surface area (Å²) in [6.45, 7) is 7.98. The van der Waals surface area contributed by atoms with Gasteiger partial charge < -0.3 is 24.7 Å². The summed E-state index contributed by atoms with van der Waals surface area (Å²) in [5, 5.41) is 14.4. The van der Waals surface area contributed by atoms with Crippen LogP contribution < -0.4 is 10.6 Å². The van der Waals surface area contributed by atoms with E-state index in [1.54, 1.807) is 4.90 Å². The van der Waals surface area contributed by atoms with Crippen LogP contribution in [0.15, 0.2) is 9.64 Å². The Labute approximate surface area is 208 Å². The molecule has 0 unspecified atom stereocenters. The van der Waals surface area contributed by atoms with Crippen LogP contribution in [0, 0.1) is 0 Å². The second kappa shape index (κ2) is 12.5. The van der Waals surface area contributed by atoms with Crippen molar-refractivity contribution in [2.75, 3.05) is 26.3 Å². The maximum atomic E-state index is 13.6. The molecule has 194 valence electrons. The van der Waals surface area contributed by atoms with Gasteiger partial charge in [0.25, 0.3) is 11.1 Å². The summed E-state index contributed by atoms with van der Waals surface area (Å²) < 4.78 is 10.9. The van der Waals surface area contributed by atoms with Gasteiger partial charge in [-0.1, -0.05) is 64.6 Å². The minimum atomic E-state index is -1.04. The van der Waals surface area contributed by atoms with Gasteiger partial charge in [-0.2, -0.15) is 0 Å². The standard InChI is InChI=1S/C23H37N5O5S.2H2/c1-4-5-9-17(18(29)19-26-27-22(33-19)34-16(2)3)24-20(30)23(10-7-6-8-11-23)25-21(31)28-12-14-32-15-13-28;;/h16-17H,4-15H2,1-3H3,(H,24,30)(H,25,31);2*1H/t17-;;/m0../s1. The van der Waals surface area contributed by atoms with Crippen LogP contribution in [-0.4, -0.2) is 76.0 Å². The topological polar surface area (TPSA) is 127 Å². The first-order valence-electron chi connectivity index (χ1n) is 12.3. The highest BCUT2D eigenvalue weighted by atomic mass is 32.2. The van der Waals surface area contributed by atoms with Crippen molar-refractivity contribution in [2.45, 2.75) is 94.2 Å². The van der Waals surface area contributed by atoms with Gasteiger partial charge in [0.05, 0.1) is 19.3 Å². The van der Waals surface area contributed by atoms with Crippen LogP contribution >= 0.6 is 11.8 Å². The first-order chi connectivity index (χ1) is 16.3. The highest BCUT2D eigenvalue weighted by Crippen LogP contribution is 2.29. The second-order valence-corrected chi connectivity index (χ2v) is 10.8. The lowest BCUT2D eigenvalue weighted by Crippen LogP contribution is -2.64. The smallest absolute Gasteiger partial charge is 0.318 e. The Morgan fingerprint density at radius 1 is 1.15 bits per heavy atom. The molecule has 10 nitrogen and oxygen atoms in total. The molecule has 2 heterocycles. The van der Waals surface area contributed by atoms with Crippen LogP contribution in [0.2, 0.25) is 0 Å². The van der Waals surface area contributed by atoms with Crippen molar-refractivity contribution in [1.29, 1.82) is 0 Å². The van der Waals surface area contributed by atoms with Crippen molar-refractivity contribution in [1.82, 2.24) is 25.7 Å². The van der Waals surface area contributed by atoms with Crippen LogP contribution in [-0.2, 0) is 9.53 Å². The zero-order valence-corrected chi connectivity index (χ0v) is 21.2. The molecule has 34 heavy (non-hydrogen) atoms. The number of rotatable bonds is 10. The number of Topliss-reactive ketones (excluding diaryl/α,β-unsaturated/α-hetero) is 1. The fourth-order valence-electron chi connectivity index (χ4n) is 4.30. The van der Waals surface area contributed by atoms with Crippen molar-refractivity contribution in [3.8, 4) is 0 Å². The molecule has 2 aliphatic rings. The van der Waals surface area contributed by atoms with Crippen LogP contribution in [0.1, 0.15) is 85.7 Å². The number of amides is 3. The Morgan fingerprint density at radius 2 is 1.85 bits per heavy atom. The molecule has 1 saturated heterocycles. The summed E-state index contributed by atoms with van der Waals surface area (Å²) in [6, 6.07) is -1.05. The molecule has 1 aliphatic heterocycles.